The molecule has 0 atom stereocenters. The van der Waals surface area contributed by atoms with E-state index in [9.17, 15) is 14.7 Å². The molecular weight excluding hydrogens is 318 g/mol. The van der Waals surface area contributed by atoms with Gasteiger partial charge in [-0.2, -0.15) is 5.10 Å². The average molecular weight is 341 g/mol. The number of benzene rings is 1. The number of hydrogen-bond donors (Lipinski definition) is 2. The quantitative estimate of drug-likeness (QED) is 0.846. The highest BCUT2D eigenvalue weighted by molar-refractivity contribution is 5.87. The molecule has 1 aromatic heterocycles. The molecule has 0 radical (unpaired) electrons. The van der Waals surface area contributed by atoms with Gasteiger partial charge in [0.1, 0.15) is 5.54 Å². The summed E-state index contributed by atoms with van der Waals surface area (Å²) in [4.78, 5) is 23.9. The van der Waals surface area contributed by atoms with Gasteiger partial charge in [0.25, 0.3) is 0 Å². The van der Waals surface area contributed by atoms with E-state index >= 15 is 0 Å². The molecule has 2 N–H and O–H groups in total. The number of amides is 1. The van der Waals surface area contributed by atoms with E-state index in [4.69, 9.17) is 0 Å². The molecule has 1 amide bonds. The molecule has 0 saturated heterocycles. The zero-order valence-corrected chi connectivity index (χ0v) is 14.1. The molecular formula is C19H23N3O3. The zero-order chi connectivity index (χ0) is 17.7. The van der Waals surface area contributed by atoms with Crippen molar-refractivity contribution in [1.29, 1.82) is 0 Å². The number of carboxylic acids is 1. The minimum absolute atomic E-state index is 0.211. The molecule has 132 valence electrons. The van der Waals surface area contributed by atoms with Crippen molar-refractivity contribution in [2.75, 3.05) is 0 Å². The van der Waals surface area contributed by atoms with E-state index in [1.165, 1.54) is 0 Å². The second-order valence-electron chi connectivity index (χ2n) is 6.62. The molecule has 6 heteroatoms. The first-order valence-electron chi connectivity index (χ1n) is 8.72. The van der Waals surface area contributed by atoms with E-state index in [-0.39, 0.29) is 12.3 Å². The number of para-hydroxylation sites is 1. The molecule has 25 heavy (non-hydrogen) atoms. The maximum absolute atomic E-state index is 12.3. The second-order valence-corrected chi connectivity index (χ2v) is 6.62. The molecule has 0 bridgehead atoms. The van der Waals surface area contributed by atoms with Crippen molar-refractivity contribution < 1.29 is 14.7 Å². The molecule has 1 aliphatic rings. The van der Waals surface area contributed by atoms with Crippen LogP contribution in [0.5, 0.6) is 0 Å². The van der Waals surface area contributed by atoms with Crippen LogP contribution in [0.25, 0.3) is 5.69 Å². The van der Waals surface area contributed by atoms with Crippen LogP contribution in [0.15, 0.2) is 42.7 Å². The number of nitrogens with one attached hydrogen (secondary N) is 1. The van der Waals surface area contributed by atoms with Crippen LogP contribution < -0.4 is 5.32 Å². The van der Waals surface area contributed by atoms with E-state index in [0.717, 1.165) is 30.5 Å². The summed E-state index contributed by atoms with van der Waals surface area (Å²) in [6.45, 7) is 0. The maximum atomic E-state index is 12.3. The Balaban J connectivity index is 1.57. The smallest absolute Gasteiger partial charge is 0.329 e. The molecule has 1 heterocycles. The second kappa shape index (κ2) is 7.51. The number of aliphatic carboxylic acids is 1. The molecule has 0 unspecified atom stereocenters. The van der Waals surface area contributed by atoms with Gasteiger partial charge in [-0.05, 0) is 37.0 Å². The molecule has 6 nitrogen and oxygen atoms in total. The van der Waals surface area contributed by atoms with Crippen molar-refractivity contribution in [3.05, 3.63) is 48.3 Å². The zero-order valence-electron chi connectivity index (χ0n) is 14.1. The van der Waals surface area contributed by atoms with Gasteiger partial charge in [0.2, 0.25) is 5.91 Å². The Labute approximate surface area is 146 Å². The van der Waals surface area contributed by atoms with Crippen LogP contribution in [0.3, 0.4) is 0 Å². The third kappa shape index (κ3) is 4.07. The highest BCUT2D eigenvalue weighted by Crippen LogP contribution is 2.28. The number of aryl methyl sites for hydroxylation is 1. The molecule has 2 aromatic rings. The first-order valence-corrected chi connectivity index (χ1v) is 8.72. The monoisotopic (exact) mass is 341 g/mol. The third-order valence-electron chi connectivity index (χ3n) is 4.79. The number of carbonyl (C=O) groups is 2. The Morgan fingerprint density at radius 1 is 1.16 bits per heavy atom. The topological polar surface area (TPSA) is 84.2 Å². The minimum Gasteiger partial charge on any atom is -0.480 e. The number of carbonyl (C=O) groups excluding carboxylic acids is 1. The molecule has 1 fully saturated rings. The molecule has 1 saturated carbocycles. The standard InChI is InChI=1S/C19H23N3O3/c23-17(21-19(18(24)25)11-5-2-6-12-19)10-9-15-13-20-22(14-15)16-7-3-1-4-8-16/h1,3-4,7-8,13-14H,2,5-6,9-12H2,(H,21,23)(H,24,25). The summed E-state index contributed by atoms with van der Waals surface area (Å²) in [7, 11) is 0. The highest BCUT2D eigenvalue weighted by atomic mass is 16.4. The Morgan fingerprint density at radius 2 is 1.88 bits per heavy atom. The Bertz CT molecular complexity index is 733. The molecule has 3 rings (SSSR count). The fraction of sp³-hybridized carbons (Fsp3) is 0.421. The number of nitrogens with zero attached hydrogens (tertiary/aromatic N) is 2. The molecule has 0 spiro atoms. The van der Waals surface area contributed by atoms with Crippen LogP contribution in [-0.4, -0.2) is 32.3 Å². The van der Waals surface area contributed by atoms with Crippen LogP contribution in [-0.2, 0) is 16.0 Å². The molecule has 0 aliphatic heterocycles. The number of carboxylic acid groups (broad SMARTS) is 1. The summed E-state index contributed by atoms with van der Waals surface area (Å²) in [5.41, 5.74) is 0.834. The van der Waals surface area contributed by atoms with Crippen molar-refractivity contribution in [1.82, 2.24) is 15.1 Å². The summed E-state index contributed by atoms with van der Waals surface area (Å²) >= 11 is 0. The van der Waals surface area contributed by atoms with Crippen LogP contribution in [0.4, 0.5) is 0 Å². The van der Waals surface area contributed by atoms with E-state index in [2.05, 4.69) is 10.4 Å². The largest absolute Gasteiger partial charge is 0.480 e. The summed E-state index contributed by atoms with van der Waals surface area (Å²) < 4.78 is 1.77. The summed E-state index contributed by atoms with van der Waals surface area (Å²) in [5.74, 6) is -1.13. The van der Waals surface area contributed by atoms with Gasteiger partial charge in [-0.3, -0.25) is 4.79 Å². The van der Waals surface area contributed by atoms with Crippen LogP contribution >= 0.6 is 0 Å². The molecule has 1 aliphatic carbocycles. The molecule has 1 aromatic carbocycles. The lowest BCUT2D eigenvalue weighted by Crippen LogP contribution is -2.55. The summed E-state index contributed by atoms with van der Waals surface area (Å²) in [5, 5.41) is 16.6. The Morgan fingerprint density at radius 3 is 2.56 bits per heavy atom. The van der Waals surface area contributed by atoms with Gasteiger partial charge in [0, 0.05) is 12.6 Å². The predicted octanol–water partition coefficient (Wildman–Crippen LogP) is 2.71. The lowest BCUT2D eigenvalue weighted by atomic mass is 9.81. The van der Waals surface area contributed by atoms with Gasteiger partial charge < -0.3 is 10.4 Å². The van der Waals surface area contributed by atoms with Gasteiger partial charge >= 0.3 is 5.97 Å². The van der Waals surface area contributed by atoms with Gasteiger partial charge in [-0.1, -0.05) is 37.5 Å². The Hall–Kier alpha value is -2.63. The van der Waals surface area contributed by atoms with Crippen molar-refractivity contribution in [3.63, 3.8) is 0 Å². The SMILES string of the molecule is O=C(CCc1cnn(-c2ccccc2)c1)NC1(C(=O)O)CCCCC1. The van der Waals surface area contributed by atoms with Crippen LogP contribution in [0.1, 0.15) is 44.1 Å². The van der Waals surface area contributed by atoms with Crippen molar-refractivity contribution in [3.8, 4) is 5.69 Å². The number of rotatable bonds is 6. The van der Waals surface area contributed by atoms with E-state index < -0.39 is 11.5 Å². The van der Waals surface area contributed by atoms with Crippen molar-refractivity contribution >= 4 is 11.9 Å². The first kappa shape index (κ1) is 17.2. The van der Waals surface area contributed by atoms with Crippen LogP contribution in [0, 0.1) is 0 Å². The van der Waals surface area contributed by atoms with Crippen molar-refractivity contribution in [2.45, 2.75) is 50.5 Å². The average Bonchev–Trinajstić information content (AvgIpc) is 3.10. The van der Waals surface area contributed by atoms with E-state index in [1.807, 2.05) is 36.5 Å². The fourth-order valence-electron chi connectivity index (χ4n) is 3.35. The van der Waals surface area contributed by atoms with Crippen LogP contribution in [0.2, 0.25) is 0 Å². The Kier molecular flexibility index (Phi) is 5.16. The van der Waals surface area contributed by atoms with E-state index in [0.29, 0.717) is 19.3 Å². The lowest BCUT2D eigenvalue weighted by Gasteiger charge is -2.34. The van der Waals surface area contributed by atoms with Crippen molar-refractivity contribution in [2.24, 2.45) is 0 Å². The maximum Gasteiger partial charge on any atom is 0.329 e. The fourth-order valence-corrected chi connectivity index (χ4v) is 3.35. The van der Waals surface area contributed by atoms with E-state index in [1.54, 1.807) is 10.9 Å². The first-order chi connectivity index (χ1) is 12.1. The number of aromatic nitrogens is 2. The van der Waals surface area contributed by atoms with Gasteiger partial charge in [0.15, 0.2) is 0 Å². The summed E-state index contributed by atoms with van der Waals surface area (Å²) in [6.07, 6.45) is 8.18. The van der Waals surface area contributed by atoms with Gasteiger partial charge in [0.05, 0.1) is 11.9 Å². The minimum atomic E-state index is -1.08. The van der Waals surface area contributed by atoms with Gasteiger partial charge in [-0.15, -0.1) is 0 Å². The normalized spacial score (nSPS) is 16.3. The lowest BCUT2D eigenvalue weighted by molar-refractivity contribution is -0.149. The van der Waals surface area contributed by atoms with Gasteiger partial charge in [-0.25, -0.2) is 9.48 Å². The third-order valence-corrected chi connectivity index (χ3v) is 4.79. The predicted molar refractivity (Wildman–Crippen MR) is 93.5 cm³/mol. The highest BCUT2D eigenvalue weighted by Gasteiger charge is 2.40. The summed E-state index contributed by atoms with van der Waals surface area (Å²) in [6, 6.07) is 9.76. The number of hydrogen-bond acceptors (Lipinski definition) is 3.